The average molecular weight is 252 g/mol. The number of hydrogen-bond acceptors (Lipinski definition) is 3. The molecule has 3 N–H and O–H groups in total. The van der Waals surface area contributed by atoms with Crippen LogP contribution in [-0.4, -0.2) is 25.7 Å². The number of ether oxygens (including phenoxy) is 1. The molecule has 1 aromatic rings. The Hall–Kier alpha value is -1.88. The summed E-state index contributed by atoms with van der Waals surface area (Å²) in [5.41, 5.74) is 6.50. The van der Waals surface area contributed by atoms with Crippen LogP contribution in [0.5, 0.6) is 0 Å². The third kappa shape index (κ3) is 4.55. The van der Waals surface area contributed by atoms with Crippen molar-refractivity contribution < 1.29 is 13.9 Å². The van der Waals surface area contributed by atoms with Gasteiger partial charge in [-0.25, -0.2) is 4.39 Å². The lowest BCUT2D eigenvalue weighted by atomic mass is 10.2. The second-order valence-corrected chi connectivity index (χ2v) is 4.00. The lowest BCUT2D eigenvalue weighted by Gasteiger charge is -2.07. The van der Waals surface area contributed by atoms with E-state index in [1.165, 1.54) is 12.1 Å². The van der Waals surface area contributed by atoms with Crippen LogP contribution in [0.4, 0.5) is 10.1 Å². The molecule has 0 unspecified atom stereocenters. The van der Waals surface area contributed by atoms with Crippen LogP contribution in [0.25, 0.3) is 0 Å². The molecule has 0 heterocycles. The molecule has 1 rings (SSSR count). The van der Waals surface area contributed by atoms with Gasteiger partial charge in [0.25, 0.3) is 5.91 Å². The Labute approximate surface area is 106 Å². The third-order valence-electron chi connectivity index (χ3n) is 2.14. The molecule has 0 radical (unpaired) electrons. The number of amides is 1. The Morgan fingerprint density at radius 2 is 2.28 bits per heavy atom. The molecule has 1 amide bonds. The number of hydrogen-bond donors (Lipinski definition) is 2. The van der Waals surface area contributed by atoms with Crippen LogP contribution in [0, 0.1) is 5.82 Å². The summed E-state index contributed by atoms with van der Waals surface area (Å²) in [7, 11) is 0. The van der Waals surface area contributed by atoms with Gasteiger partial charge < -0.3 is 15.8 Å². The summed E-state index contributed by atoms with van der Waals surface area (Å²) >= 11 is 0. The van der Waals surface area contributed by atoms with Gasteiger partial charge in [-0.1, -0.05) is 12.2 Å². The first-order valence-electron chi connectivity index (χ1n) is 5.56. The van der Waals surface area contributed by atoms with Crippen molar-refractivity contribution in [3.05, 3.63) is 41.7 Å². The van der Waals surface area contributed by atoms with E-state index in [1.807, 2.05) is 6.92 Å². The minimum atomic E-state index is -0.596. The van der Waals surface area contributed by atoms with Gasteiger partial charge in [-0.3, -0.25) is 4.79 Å². The SMILES string of the molecule is C=C(C)COCCNC(=O)c1ccc(N)c(F)c1. The van der Waals surface area contributed by atoms with E-state index in [1.54, 1.807) is 0 Å². The Balaban J connectivity index is 2.36. The van der Waals surface area contributed by atoms with Gasteiger partial charge >= 0.3 is 0 Å². The largest absolute Gasteiger partial charge is 0.396 e. The zero-order chi connectivity index (χ0) is 13.5. The Morgan fingerprint density at radius 1 is 1.56 bits per heavy atom. The Bertz CT molecular complexity index is 447. The predicted octanol–water partition coefficient (Wildman–Crippen LogP) is 1.73. The first-order chi connectivity index (χ1) is 8.50. The fourth-order valence-corrected chi connectivity index (χ4v) is 1.25. The number of nitrogens with one attached hydrogen (secondary N) is 1. The zero-order valence-electron chi connectivity index (χ0n) is 10.3. The van der Waals surface area contributed by atoms with Gasteiger partial charge in [-0.2, -0.15) is 0 Å². The van der Waals surface area contributed by atoms with Gasteiger partial charge in [-0.05, 0) is 25.1 Å². The van der Waals surface area contributed by atoms with Crippen molar-refractivity contribution in [2.75, 3.05) is 25.5 Å². The van der Waals surface area contributed by atoms with Crippen LogP contribution in [0.2, 0.25) is 0 Å². The van der Waals surface area contributed by atoms with Crippen LogP contribution in [-0.2, 0) is 4.74 Å². The summed E-state index contributed by atoms with van der Waals surface area (Å²) in [4.78, 5) is 11.6. The van der Waals surface area contributed by atoms with Crippen molar-refractivity contribution in [1.82, 2.24) is 5.32 Å². The molecule has 18 heavy (non-hydrogen) atoms. The van der Waals surface area contributed by atoms with Crippen molar-refractivity contribution in [3.8, 4) is 0 Å². The summed E-state index contributed by atoms with van der Waals surface area (Å²) in [5, 5.41) is 2.62. The van der Waals surface area contributed by atoms with Crippen LogP contribution < -0.4 is 11.1 Å². The van der Waals surface area contributed by atoms with E-state index >= 15 is 0 Å². The predicted molar refractivity (Wildman–Crippen MR) is 68.8 cm³/mol. The van der Waals surface area contributed by atoms with Gasteiger partial charge in [0.05, 0.1) is 18.9 Å². The number of carbonyl (C=O) groups is 1. The number of nitrogen functional groups attached to an aromatic ring is 1. The molecule has 0 aliphatic rings. The minimum absolute atomic E-state index is 0.0244. The van der Waals surface area contributed by atoms with Gasteiger partial charge in [0.2, 0.25) is 0 Å². The molecule has 98 valence electrons. The molecule has 0 atom stereocenters. The second kappa shape index (κ2) is 6.76. The van der Waals surface area contributed by atoms with Gasteiger partial charge in [0, 0.05) is 12.1 Å². The van der Waals surface area contributed by atoms with Crippen LogP contribution in [0.1, 0.15) is 17.3 Å². The standard InChI is InChI=1S/C13H17FN2O2/c1-9(2)8-18-6-5-16-13(17)10-3-4-12(15)11(14)7-10/h3-4,7H,1,5-6,8,15H2,2H3,(H,16,17). The van der Waals surface area contributed by atoms with E-state index in [2.05, 4.69) is 11.9 Å². The van der Waals surface area contributed by atoms with Crippen molar-refractivity contribution in [3.63, 3.8) is 0 Å². The first kappa shape index (κ1) is 14.2. The van der Waals surface area contributed by atoms with Gasteiger partial charge in [0.1, 0.15) is 5.82 Å². The van der Waals surface area contributed by atoms with E-state index in [9.17, 15) is 9.18 Å². The van der Waals surface area contributed by atoms with Crippen molar-refractivity contribution in [1.29, 1.82) is 0 Å². The quantitative estimate of drug-likeness (QED) is 0.460. The van der Waals surface area contributed by atoms with Gasteiger partial charge in [0.15, 0.2) is 0 Å². The number of rotatable bonds is 6. The molecule has 5 heteroatoms. The van der Waals surface area contributed by atoms with E-state index in [4.69, 9.17) is 10.5 Å². The normalized spacial score (nSPS) is 10.1. The molecular formula is C13H17FN2O2. The number of benzene rings is 1. The molecule has 0 fully saturated rings. The lowest BCUT2D eigenvalue weighted by Crippen LogP contribution is -2.27. The zero-order valence-corrected chi connectivity index (χ0v) is 10.3. The highest BCUT2D eigenvalue weighted by molar-refractivity contribution is 5.94. The number of halogens is 1. The molecule has 0 saturated carbocycles. The maximum absolute atomic E-state index is 13.1. The summed E-state index contributed by atoms with van der Waals surface area (Å²) in [6.07, 6.45) is 0. The summed E-state index contributed by atoms with van der Waals surface area (Å²) in [6.45, 7) is 6.75. The second-order valence-electron chi connectivity index (χ2n) is 4.00. The van der Waals surface area contributed by atoms with Crippen molar-refractivity contribution in [2.24, 2.45) is 0 Å². The number of carbonyl (C=O) groups excluding carboxylic acids is 1. The van der Waals surface area contributed by atoms with Crippen LogP contribution in [0.3, 0.4) is 0 Å². The molecule has 0 bridgehead atoms. The minimum Gasteiger partial charge on any atom is -0.396 e. The highest BCUT2D eigenvalue weighted by atomic mass is 19.1. The smallest absolute Gasteiger partial charge is 0.251 e. The molecule has 4 nitrogen and oxygen atoms in total. The molecule has 0 spiro atoms. The maximum atomic E-state index is 13.1. The topological polar surface area (TPSA) is 64.3 Å². The Kier molecular flexibility index (Phi) is 5.32. The summed E-state index contributed by atoms with van der Waals surface area (Å²) in [6, 6.07) is 3.95. The fourth-order valence-electron chi connectivity index (χ4n) is 1.25. The van der Waals surface area contributed by atoms with E-state index in [0.29, 0.717) is 19.8 Å². The van der Waals surface area contributed by atoms with Crippen LogP contribution in [0.15, 0.2) is 30.4 Å². The lowest BCUT2D eigenvalue weighted by molar-refractivity contribution is 0.0926. The number of nitrogens with two attached hydrogens (primary N) is 1. The Morgan fingerprint density at radius 3 is 2.89 bits per heavy atom. The molecule has 1 aromatic carbocycles. The summed E-state index contributed by atoms with van der Waals surface area (Å²) in [5.74, 6) is -0.950. The fraction of sp³-hybridized carbons (Fsp3) is 0.308. The highest BCUT2D eigenvalue weighted by Crippen LogP contribution is 2.11. The van der Waals surface area contributed by atoms with Crippen LogP contribution >= 0.6 is 0 Å². The van der Waals surface area contributed by atoms with Gasteiger partial charge in [-0.15, -0.1) is 0 Å². The average Bonchev–Trinajstić information content (AvgIpc) is 2.31. The number of anilines is 1. The summed E-state index contributed by atoms with van der Waals surface area (Å²) < 4.78 is 18.3. The van der Waals surface area contributed by atoms with Crippen molar-refractivity contribution in [2.45, 2.75) is 6.92 Å². The van der Waals surface area contributed by atoms with E-state index < -0.39 is 5.82 Å². The first-order valence-corrected chi connectivity index (χ1v) is 5.56. The van der Waals surface area contributed by atoms with E-state index in [-0.39, 0.29) is 17.2 Å². The monoisotopic (exact) mass is 252 g/mol. The molecule has 0 saturated heterocycles. The third-order valence-corrected chi connectivity index (χ3v) is 2.14. The van der Waals surface area contributed by atoms with Crippen molar-refractivity contribution >= 4 is 11.6 Å². The maximum Gasteiger partial charge on any atom is 0.251 e. The molecule has 0 aliphatic carbocycles. The van der Waals surface area contributed by atoms with E-state index in [0.717, 1.165) is 11.6 Å². The molecular weight excluding hydrogens is 235 g/mol. The highest BCUT2D eigenvalue weighted by Gasteiger charge is 2.07. The molecule has 0 aliphatic heterocycles. The molecule has 0 aromatic heterocycles.